The van der Waals surface area contributed by atoms with Crippen molar-refractivity contribution in [1.82, 2.24) is 0 Å². The fourth-order valence-corrected chi connectivity index (χ4v) is 1.56. The number of unbranched alkanes of at least 4 members (excludes halogenated alkanes) is 1. The van der Waals surface area contributed by atoms with Gasteiger partial charge in [-0.2, -0.15) is 0 Å². The average Bonchev–Trinajstić information content (AvgIpc) is 2.29. The summed E-state index contributed by atoms with van der Waals surface area (Å²) >= 11 is 0. The highest BCUT2D eigenvalue weighted by molar-refractivity contribution is 5.69. The van der Waals surface area contributed by atoms with Crippen LogP contribution in [0.4, 0.5) is 11.4 Å². The highest BCUT2D eigenvalue weighted by Gasteiger charge is 2.33. The molecule has 0 heterocycles. The van der Waals surface area contributed by atoms with Gasteiger partial charge >= 0.3 is 11.4 Å². The average molecular weight is 256 g/mol. The second-order valence-corrected chi connectivity index (χ2v) is 3.72. The van der Waals surface area contributed by atoms with E-state index in [-0.39, 0.29) is 5.56 Å². The van der Waals surface area contributed by atoms with Gasteiger partial charge in [0.2, 0.25) is 5.75 Å². The van der Waals surface area contributed by atoms with Crippen LogP contribution in [0.2, 0.25) is 0 Å². The molecule has 0 fully saturated rings. The van der Waals surface area contributed by atoms with Crippen LogP contribution in [0.15, 0.2) is 6.07 Å². The van der Waals surface area contributed by atoms with E-state index in [9.17, 15) is 30.4 Å². The Morgan fingerprint density at radius 3 is 2.22 bits per heavy atom. The lowest BCUT2D eigenvalue weighted by molar-refractivity contribution is -0.423. The summed E-state index contributed by atoms with van der Waals surface area (Å²) in [5, 5.41) is 40.4. The fraction of sp³-hybridized carbons (Fsp3) is 0.400. The Bertz CT molecular complexity index is 500. The molecule has 0 amide bonds. The molecule has 0 saturated carbocycles. The second-order valence-electron chi connectivity index (χ2n) is 3.72. The summed E-state index contributed by atoms with van der Waals surface area (Å²) in [6, 6.07) is 0.933. The van der Waals surface area contributed by atoms with Crippen LogP contribution in [-0.4, -0.2) is 20.1 Å². The van der Waals surface area contributed by atoms with Crippen molar-refractivity contribution in [2.24, 2.45) is 0 Å². The quantitative estimate of drug-likeness (QED) is 0.472. The molecule has 0 radical (unpaired) electrons. The summed E-state index contributed by atoms with van der Waals surface area (Å²) in [4.78, 5) is 19.3. The standard InChI is InChI=1S/C10H12N2O6/c1-2-3-4-6-5-7(11(15)16)8(12(17)18)10(14)9(6)13/h5,13-14H,2-4H2,1H3. The molecular weight excluding hydrogens is 244 g/mol. The smallest absolute Gasteiger partial charge is 0.391 e. The zero-order valence-electron chi connectivity index (χ0n) is 9.62. The van der Waals surface area contributed by atoms with Gasteiger partial charge in [-0.15, -0.1) is 0 Å². The molecule has 0 spiro atoms. The van der Waals surface area contributed by atoms with Crippen LogP contribution in [0.3, 0.4) is 0 Å². The number of nitro groups is 2. The van der Waals surface area contributed by atoms with Gasteiger partial charge < -0.3 is 10.2 Å². The minimum absolute atomic E-state index is 0.131. The van der Waals surface area contributed by atoms with Gasteiger partial charge in [-0.05, 0) is 12.8 Å². The maximum atomic E-state index is 10.7. The predicted molar refractivity (Wildman–Crippen MR) is 61.7 cm³/mol. The molecule has 1 rings (SSSR count). The maximum absolute atomic E-state index is 10.7. The molecule has 0 saturated heterocycles. The van der Waals surface area contributed by atoms with E-state index in [1.807, 2.05) is 6.92 Å². The summed E-state index contributed by atoms with van der Waals surface area (Å²) in [6.07, 6.45) is 1.72. The first-order chi connectivity index (χ1) is 8.40. The Balaban J connectivity index is 3.43. The number of benzene rings is 1. The third-order valence-electron chi connectivity index (χ3n) is 2.49. The number of hydrogen-bond acceptors (Lipinski definition) is 6. The number of hydrogen-bond donors (Lipinski definition) is 2. The van der Waals surface area contributed by atoms with Gasteiger partial charge in [0.25, 0.3) is 0 Å². The molecule has 0 aromatic heterocycles. The molecule has 98 valence electrons. The highest BCUT2D eigenvalue weighted by Crippen LogP contribution is 2.44. The lowest BCUT2D eigenvalue weighted by Crippen LogP contribution is -1.99. The van der Waals surface area contributed by atoms with Crippen molar-refractivity contribution in [3.63, 3.8) is 0 Å². The number of nitrogens with zero attached hydrogens (tertiary/aromatic N) is 2. The molecule has 0 unspecified atom stereocenters. The van der Waals surface area contributed by atoms with E-state index >= 15 is 0 Å². The van der Waals surface area contributed by atoms with Gasteiger partial charge in [0.1, 0.15) is 0 Å². The van der Waals surface area contributed by atoms with Crippen LogP contribution in [0.25, 0.3) is 0 Å². The SMILES string of the molecule is CCCCc1cc([N+](=O)[O-])c([N+](=O)[O-])c(O)c1O. The summed E-state index contributed by atoms with van der Waals surface area (Å²) in [5.41, 5.74) is -1.77. The Morgan fingerprint density at radius 2 is 1.78 bits per heavy atom. The number of phenolic OH excluding ortho intramolecular Hbond substituents is 2. The van der Waals surface area contributed by atoms with E-state index in [4.69, 9.17) is 0 Å². The molecule has 2 N–H and O–H groups in total. The minimum atomic E-state index is -1.09. The first-order valence-electron chi connectivity index (χ1n) is 5.26. The van der Waals surface area contributed by atoms with Crippen LogP contribution in [0.5, 0.6) is 11.5 Å². The Hall–Kier alpha value is -2.38. The second kappa shape index (κ2) is 5.30. The van der Waals surface area contributed by atoms with Crippen molar-refractivity contribution in [3.05, 3.63) is 31.9 Å². The van der Waals surface area contributed by atoms with Crippen molar-refractivity contribution in [2.45, 2.75) is 26.2 Å². The zero-order valence-corrected chi connectivity index (χ0v) is 9.62. The van der Waals surface area contributed by atoms with Gasteiger partial charge in [0.15, 0.2) is 5.75 Å². The molecule has 0 bridgehead atoms. The van der Waals surface area contributed by atoms with Crippen LogP contribution >= 0.6 is 0 Å². The Morgan fingerprint density at radius 1 is 1.17 bits per heavy atom. The molecule has 8 heteroatoms. The van der Waals surface area contributed by atoms with E-state index in [1.54, 1.807) is 0 Å². The largest absolute Gasteiger partial charge is 0.504 e. The lowest BCUT2D eigenvalue weighted by Gasteiger charge is -2.06. The number of phenols is 2. The number of rotatable bonds is 5. The molecule has 1 aromatic carbocycles. The minimum Gasteiger partial charge on any atom is -0.504 e. The van der Waals surface area contributed by atoms with Crippen LogP contribution in [0, 0.1) is 20.2 Å². The Kier molecular flexibility index (Phi) is 4.03. The number of aromatic hydroxyl groups is 2. The van der Waals surface area contributed by atoms with Gasteiger partial charge in [-0.1, -0.05) is 13.3 Å². The van der Waals surface area contributed by atoms with Gasteiger partial charge in [0.05, 0.1) is 9.85 Å². The molecule has 8 nitrogen and oxygen atoms in total. The van der Waals surface area contributed by atoms with E-state index in [0.29, 0.717) is 12.8 Å². The van der Waals surface area contributed by atoms with Crippen molar-refractivity contribution < 1.29 is 20.1 Å². The molecule has 1 aromatic rings. The van der Waals surface area contributed by atoms with E-state index in [1.165, 1.54) is 0 Å². The highest BCUT2D eigenvalue weighted by atomic mass is 16.6. The zero-order chi connectivity index (χ0) is 13.9. The van der Waals surface area contributed by atoms with E-state index in [2.05, 4.69) is 0 Å². The summed E-state index contributed by atoms with van der Waals surface area (Å²) in [6.45, 7) is 1.89. The van der Waals surface area contributed by atoms with E-state index in [0.717, 1.165) is 12.5 Å². The number of aryl methyl sites for hydroxylation is 1. The Labute approximate surface area is 102 Å². The third kappa shape index (κ3) is 2.47. The van der Waals surface area contributed by atoms with Crippen molar-refractivity contribution >= 4 is 11.4 Å². The van der Waals surface area contributed by atoms with E-state index < -0.39 is 32.7 Å². The molecular formula is C10H12N2O6. The normalized spacial score (nSPS) is 10.3. The maximum Gasteiger partial charge on any atom is 0.391 e. The van der Waals surface area contributed by atoms with Crippen LogP contribution in [-0.2, 0) is 6.42 Å². The topological polar surface area (TPSA) is 127 Å². The van der Waals surface area contributed by atoms with Crippen molar-refractivity contribution in [2.75, 3.05) is 0 Å². The molecule has 0 aliphatic carbocycles. The first kappa shape index (κ1) is 13.7. The molecule has 18 heavy (non-hydrogen) atoms. The first-order valence-corrected chi connectivity index (χ1v) is 5.26. The van der Waals surface area contributed by atoms with Crippen LogP contribution < -0.4 is 0 Å². The van der Waals surface area contributed by atoms with Crippen LogP contribution in [0.1, 0.15) is 25.3 Å². The van der Waals surface area contributed by atoms with Gasteiger partial charge in [0, 0.05) is 11.6 Å². The monoisotopic (exact) mass is 256 g/mol. The summed E-state index contributed by atoms with van der Waals surface area (Å²) < 4.78 is 0. The van der Waals surface area contributed by atoms with Gasteiger partial charge in [-0.25, -0.2) is 0 Å². The number of nitro benzene ring substituents is 2. The lowest BCUT2D eigenvalue weighted by atomic mass is 10.0. The van der Waals surface area contributed by atoms with Crippen molar-refractivity contribution in [3.8, 4) is 11.5 Å². The predicted octanol–water partition coefficient (Wildman–Crippen LogP) is 2.26. The third-order valence-corrected chi connectivity index (χ3v) is 2.49. The molecule has 0 aliphatic heterocycles. The molecule has 0 aliphatic rings. The summed E-state index contributed by atoms with van der Waals surface area (Å²) in [5.74, 6) is -1.72. The van der Waals surface area contributed by atoms with Gasteiger partial charge in [-0.3, -0.25) is 20.2 Å². The fourth-order valence-electron chi connectivity index (χ4n) is 1.56. The van der Waals surface area contributed by atoms with Crippen molar-refractivity contribution in [1.29, 1.82) is 0 Å². The molecule has 0 atom stereocenters. The summed E-state index contributed by atoms with van der Waals surface area (Å²) in [7, 11) is 0.